The van der Waals surface area contributed by atoms with Gasteiger partial charge in [-0.2, -0.15) is 0 Å². The first-order valence-electron chi connectivity index (χ1n) is 8.94. The summed E-state index contributed by atoms with van der Waals surface area (Å²) in [6, 6.07) is 3.91. The molecule has 2 unspecified atom stereocenters. The average Bonchev–Trinajstić information content (AvgIpc) is 3.26. The fraction of sp³-hybridized carbons (Fsp3) is 0.611. The normalized spacial score (nSPS) is 23.0. The molecule has 0 saturated carbocycles. The molecule has 2 heterocycles. The number of hydrogen-bond acceptors (Lipinski definition) is 3. The minimum Gasteiger partial charge on any atom is -0.378 e. The number of halogens is 3. The zero-order valence-corrected chi connectivity index (χ0v) is 17.3. The van der Waals surface area contributed by atoms with Crippen LogP contribution >= 0.6 is 24.0 Å². The first-order valence-corrected chi connectivity index (χ1v) is 8.94. The highest BCUT2D eigenvalue weighted by atomic mass is 127. The van der Waals surface area contributed by atoms with Gasteiger partial charge in [-0.3, -0.25) is 4.99 Å². The molecule has 0 radical (unpaired) electrons. The molecule has 0 aliphatic carbocycles. The summed E-state index contributed by atoms with van der Waals surface area (Å²) in [5.74, 6) is -0.310. The van der Waals surface area contributed by atoms with Gasteiger partial charge in [-0.1, -0.05) is 0 Å². The van der Waals surface area contributed by atoms with Crippen LogP contribution in [-0.2, 0) is 4.74 Å². The lowest BCUT2D eigenvalue weighted by molar-refractivity contribution is 0.105. The summed E-state index contributed by atoms with van der Waals surface area (Å²) in [6.45, 7) is 3.07. The van der Waals surface area contributed by atoms with Gasteiger partial charge in [-0.25, -0.2) is 8.78 Å². The molecule has 2 aliphatic heterocycles. The lowest BCUT2D eigenvalue weighted by Crippen LogP contribution is -2.45. The second kappa shape index (κ2) is 10.2. The van der Waals surface area contributed by atoms with Crippen molar-refractivity contribution < 1.29 is 13.5 Å². The molecule has 1 aromatic rings. The van der Waals surface area contributed by atoms with Crippen LogP contribution in [0.1, 0.15) is 25.7 Å². The molecule has 0 aromatic heterocycles. The third kappa shape index (κ3) is 5.67. The predicted octanol–water partition coefficient (Wildman–Crippen LogP) is 2.90. The van der Waals surface area contributed by atoms with Gasteiger partial charge in [0.15, 0.2) is 5.96 Å². The van der Waals surface area contributed by atoms with Crippen molar-refractivity contribution in [3.63, 3.8) is 0 Å². The second-order valence-corrected chi connectivity index (χ2v) is 6.59. The van der Waals surface area contributed by atoms with Crippen LogP contribution in [0.25, 0.3) is 0 Å². The van der Waals surface area contributed by atoms with Gasteiger partial charge in [-0.15, -0.1) is 24.0 Å². The summed E-state index contributed by atoms with van der Waals surface area (Å²) in [5.41, 5.74) is 0.451. The Morgan fingerprint density at radius 3 is 2.88 bits per heavy atom. The summed E-state index contributed by atoms with van der Waals surface area (Å²) in [6.07, 6.45) is 4.49. The van der Waals surface area contributed by atoms with Gasteiger partial charge >= 0.3 is 0 Å². The Balaban J connectivity index is 0.00000243. The quantitative estimate of drug-likeness (QED) is 0.387. The van der Waals surface area contributed by atoms with E-state index in [0.29, 0.717) is 18.3 Å². The third-order valence-corrected chi connectivity index (χ3v) is 4.79. The molecule has 3 rings (SSSR count). The highest BCUT2D eigenvalue weighted by molar-refractivity contribution is 14.0. The summed E-state index contributed by atoms with van der Waals surface area (Å²) in [4.78, 5) is 6.19. The molecule has 146 valence electrons. The first kappa shape index (κ1) is 21.1. The molecule has 2 fully saturated rings. The molecule has 1 aromatic carbocycles. The van der Waals surface area contributed by atoms with Gasteiger partial charge in [0.05, 0.1) is 11.8 Å². The molecule has 26 heavy (non-hydrogen) atoms. The summed E-state index contributed by atoms with van der Waals surface area (Å²) in [5, 5.41) is 6.69. The maximum absolute atomic E-state index is 13.9. The molecule has 2 N–H and O–H groups in total. The fourth-order valence-electron chi connectivity index (χ4n) is 3.45. The van der Waals surface area contributed by atoms with Gasteiger partial charge in [0.2, 0.25) is 0 Å². The molecule has 0 amide bonds. The number of guanidine groups is 1. The van der Waals surface area contributed by atoms with Gasteiger partial charge < -0.3 is 20.3 Å². The van der Waals surface area contributed by atoms with Gasteiger partial charge in [0.25, 0.3) is 0 Å². The Labute approximate surface area is 170 Å². The number of rotatable bonds is 5. The van der Waals surface area contributed by atoms with E-state index in [1.54, 1.807) is 7.05 Å². The van der Waals surface area contributed by atoms with E-state index in [1.807, 2.05) is 4.90 Å². The molecule has 8 heteroatoms. The van der Waals surface area contributed by atoms with Crippen LogP contribution in [0.3, 0.4) is 0 Å². The van der Waals surface area contributed by atoms with Crippen molar-refractivity contribution in [3.05, 3.63) is 29.8 Å². The van der Waals surface area contributed by atoms with Crippen LogP contribution in [0.5, 0.6) is 0 Å². The van der Waals surface area contributed by atoms with Crippen molar-refractivity contribution in [2.75, 3.05) is 38.2 Å². The number of nitrogens with zero attached hydrogens (tertiary/aromatic N) is 2. The topological polar surface area (TPSA) is 48.9 Å². The van der Waals surface area contributed by atoms with Gasteiger partial charge in [-0.05, 0) is 37.8 Å². The van der Waals surface area contributed by atoms with Crippen molar-refractivity contribution >= 4 is 35.6 Å². The highest BCUT2D eigenvalue weighted by Gasteiger charge is 2.25. The number of hydrogen-bond donors (Lipinski definition) is 2. The van der Waals surface area contributed by atoms with Crippen LogP contribution < -0.4 is 15.5 Å². The minimum absolute atomic E-state index is 0. The lowest BCUT2D eigenvalue weighted by Gasteiger charge is -2.21. The monoisotopic (exact) mass is 480 g/mol. The average molecular weight is 480 g/mol. The van der Waals surface area contributed by atoms with Crippen LogP contribution in [0, 0.1) is 11.6 Å². The van der Waals surface area contributed by atoms with Crippen LogP contribution in [0.2, 0.25) is 0 Å². The van der Waals surface area contributed by atoms with E-state index in [4.69, 9.17) is 4.74 Å². The minimum atomic E-state index is -0.550. The summed E-state index contributed by atoms with van der Waals surface area (Å²) < 4.78 is 32.6. The van der Waals surface area contributed by atoms with Gasteiger partial charge in [0, 0.05) is 45.4 Å². The number of benzene rings is 1. The smallest absolute Gasteiger partial charge is 0.191 e. The van der Waals surface area contributed by atoms with E-state index in [2.05, 4.69) is 15.6 Å². The molecular formula is C18H27F2IN4O. The number of nitrogens with one attached hydrogen (secondary N) is 2. The molecule has 2 atom stereocenters. The Morgan fingerprint density at radius 2 is 2.19 bits per heavy atom. The Bertz CT molecular complexity index is 611. The fourth-order valence-corrected chi connectivity index (χ4v) is 3.45. The Hall–Kier alpha value is -1.16. The summed E-state index contributed by atoms with van der Waals surface area (Å²) >= 11 is 0. The number of anilines is 1. The Morgan fingerprint density at radius 1 is 1.35 bits per heavy atom. The standard InChI is InChI=1S/C18H26F2N4O.HI/c1-21-18(22-8-6-15-3-2-10-25-15)23-14-7-9-24(12-14)17-5-4-13(19)11-16(17)20;/h4-5,11,14-15H,2-3,6-10,12H2,1H3,(H2,21,22,23);1H. The van der Waals surface area contributed by atoms with Crippen LogP contribution in [0.4, 0.5) is 14.5 Å². The molecule has 5 nitrogen and oxygen atoms in total. The van der Waals surface area contributed by atoms with E-state index in [-0.39, 0.29) is 30.0 Å². The molecule has 2 saturated heterocycles. The zero-order valence-electron chi connectivity index (χ0n) is 15.0. The van der Waals surface area contributed by atoms with Crippen molar-refractivity contribution in [1.29, 1.82) is 0 Å². The zero-order chi connectivity index (χ0) is 17.6. The van der Waals surface area contributed by atoms with E-state index in [1.165, 1.54) is 12.1 Å². The van der Waals surface area contributed by atoms with Crippen molar-refractivity contribution in [1.82, 2.24) is 10.6 Å². The van der Waals surface area contributed by atoms with Crippen molar-refractivity contribution in [3.8, 4) is 0 Å². The van der Waals surface area contributed by atoms with Gasteiger partial charge in [0.1, 0.15) is 11.6 Å². The van der Waals surface area contributed by atoms with E-state index >= 15 is 0 Å². The highest BCUT2D eigenvalue weighted by Crippen LogP contribution is 2.24. The number of aliphatic imine (C=N–C) groups is 1. The van der Waals surface area contributed by atoms with Crippen LogP contribution in [0.15, 0.2) is 23.2 Å². The second-order valence-electron chi connectivity index (χ2n) is 6.59. The maximum Gasteiger partial charge on any atom is 0.191 e. The SMILES string of the molecule is CN=C(NCCC1CCCO1)NC1CCN(c2ccc(F)cc2F)C1.I. The van der Waals surface area contributed by atoms with E-state index in [9.17, 15) is 8.78 Å². The van der Waals surface area contributed by atoms with E-state index in [0.717, 1.165) is 57.4 Å². The molecule has 0 spiro atoms. The molecular weight excluding hydrogens is 453 g/mol. The predicted molar refractivity (Wildman–Crippen MR) is 110 cm³/mol. The lowest BCUT2D eigenvalue weighted by atomic mass is 10.2. The first-order chi connectivity index (χ1) is 12.2. The Kier molecular flexibility index (Phi) is 8.33. The van der Waals surface area contributed by atoms with E-state index < -0.39 is 11.6 Å². The molecule has 0 bridgehead atoms. The third-order valence-electron chi connectivity index (χ3n) is 4.79. The largest absolute Gasteiger partial charge is 0.378 e. The van der Waals surface area contributed by atoms with Crippen molar-refractivity contribution in [2.24, 2.45) is 4.99 Å². The maximum atomic E-state index is 13.9. The number of ether oxygens (including phenoxy) is 1. The van der Waals surface area contributed by atoms with Crippen LogP contribution in [-0.4, -0.2) is 51.4 Å². The molecule has 2 aliphatic rings. The van der Waals surface area contributed by atoms with Crippen molar-refractivity contribution in [2.45, 2.75) is 37.8 Å². The summed E-state index contributed by atoms with van der Waals surface area (Å²) in [7, 11) is 1.74.